The lowest BCUT2D eigenvalue weighted by atomic mass is 9.83. The summed E-state index contributed by atoms with van der Waals surface area (Å²) in [5.74, 6) is -2.52. The second-order valence-corrected chi connectivity index (χ2v) is 23.4. The summed E-state index contributed by atoms with van der Waals surface area (Å²) in [6.45, 7) is 11.2. The highest BCUT2D eigenvalue weighted by Crippen LogP contribution is 2.49. The molecule has 23 nitrogen and oxygen atoms in total. The smallest absolute Gasteiger partial charge is 0.412 e. The van der Waals surface area contributed by atoms with Crippen LogP contribution in [0.5, 0.6) is 5.75 Å². The van der Waals surface area contributed by atoms with Crippen molar-refractivity contribution >= 4 is 109 Å². The minimum Gasteiger partial charge on any atom is -0.495 e. The number of alkyl halides is 2. The SMILES string of the molecule is COc1cc2cc(c1Cl)N(C)C(=O)C[C@H](OC(=O)Nc1ccc(NC(=O)[C@H](CCCNC(N)=O)NC(=O)[C@@H](NC(C=O)CCCCNC(=O)C(CBr)CBr)C(C)C)cc1C)[C@]1(C)O[C@H]1[C@H](C)[C@@H]1C[C@@](O)(NC(=O)O1)[C@H](OC)/C=C/C=C(\C)C2. The first-order chi connectivity index (χ1) is 39.3. The molecule has 2 saturated heterocycles. The molecule has 10 atom stereocenters. The quantitative estimate of drug-likeness (QED) is 0.0237. The van der Waals surface area contributed by atoms with Crippen molar-refractivity contribution in [2.75, 3.05) is 60.6 Å². The minimum atomic E-state index is -1.90. The Morgan fingerprint density at radius 1 is 0.988 bits per heavy atom. The van der Waals surface area contributed by atoms with Gasteiger partial charge in [0.2, 0.25) is 23.6 Å². The first kappa shape index (κ1) is 68.0. The molecule has 2 fully saturated rings. The van der Waals surface area contributed by atoms with Gasteiger partial charge in [0.1, 0.15) is 47.0 Å². The number of hydrogen-bond acceptors (Lipinski definition) is 15. The van der Waals surface area contributed by atoms with Gasteiger partial charge >= 0.3 is 18.2 Å². The summed E-state index contributed by atoms with van der Waals surface area (Å²) < 4.78 is 29.5. The van der Waals surface area contributed by atoms with Crippen molar-refractivity contribution < 1.29 is 67.1 Å². The maximum absolute atomic E-state index is 14.4. The number of halogens is 3. The molecule has 10 N–H and O–H groups in total. The van der Waals surface area contributed by atoms with E-state index in [1.807, 2.05) is 13.0 Å². The molecule has 0 aliphatic carbocycles. The van der Waals surface area contributed by atoms with Gasteiger partial charge in [-0.15, -0.1) is 0 Å². The normalized spacial score (nSPS) is 24.7. The predicted molar refractivity (Wildman–Crippen MR) is 321 cm³/mol. The molecule has 0 aromatic heterocycles. The number of allylic oxidation sites excluding steroid dienone is 3. The van der Waals surface area contributed by atoms with Crippen molar-refractivity contribution in [2.45, 2.75) is 147 Å². The van der Waals surface area contributed by atoms with Gasteiger partial charge in [0.15, 0.2) is 5.72 Å². The lowest BCUT2D eigenvalue weighted by Gasteiger charge is -2.42. The Bertz CT molecular complexity index is 2720. The van der Waals surface area contributed by atoms with E-state index in [4.69, 9.17) is 41.0 Å². The zero-order valence-corrected chi connectivity index (χ0v) is 52.3. The number of methoxy groups -OCH3 is 2. The van der Waals surface area contributed by atoms with E-state index in [0.717, 1.165) is 17.4 Å². The average molecular weight is 1310 g/mol. The van der Waals surface area contributed by atoms with E-state index in [0.29, 0.717) is 65.6 Å². The molecule has 458 valence electrons. The van der Waals surface area contributed by atoms with Crippen LogP contribution >= 0.6 is 43.5 Å². The van der Waals surface area contributed by atoms with E-state index >= 15 is 0 Å². The number of unbranched alkanes of at least 4 members (excludes halogenated alkanes) is 1. The lowest BCUT2D eigenvalue weighted by Crippen LogP contribution is -2.63. The fourth-order valence-electron chi connectivity index (χ4n) is 10.1. The molecule has 3 aliphatic heterocycles. The Morgan fingerprint density at radius 2 is 1.70 bits per heavy atom. The molecule has 0 spiro atoms. The van der Waals surface area contributed by atoms with Gasteiger partial charge in [0.05, 0.1) is 43.3 Å². The number of anilines is 3. The van der Waals surface area contributed by atoms with Crippen LogP contribution < -0.4 is 52.6 Å². The summed E-state index contributed by atoms with van der Waals surface area (Å²) in [5.41, 5.74) is 5.10. The number of rotatable bonds is 24. The number of nitrogens with two attached hydrogens (primary N) is 1. The molecule has 2 aromatic rings. The number of ether oxygens (including phenoxy) is 5. The van der Waals surface area contributed by atoms with Crippen LogP contribution in [0, 0.1) is 24.7 Å². The van der Waals surface area contributed by atoms with Crippen molar-refractivity contribution in [3.8, 4) is 5.75 Å². The second-order valence-electron chi connectivity index (χ2n) is 21.8. The number of aliphatic hydroxyl groups is 1. The van der Waals surface area contributed by atoms with E-state index in [9.17, 15) is 43.5 Å². The van der Waals surface area contributed by atoms with Gasteiger partial charge < -0.3 is 65.5 Å². The summed E-state index contributed by atoms with van der Waals surface area (Å²) in [7, 11) is 4.42. The van der Waals surface area contributed by atoms with Gasteiger partial charge in [-0.25, -0.2) is 14.4 Å². The van der Waals surface area contributed by atoms with E-state index in [-0.39, 0.29) is 54.3 Å². The minimum absolute atomic E-state index is 0.0873. The van der Waals surface area contributed by atoms with Gasteiger partial charge in [-0.1, -0.05) is 88.0 Å². The molecule has 4 bridgehead atoms. The molecule has 1 unspecified atom stereocenters. The van der Waals surface area contributed by atoms with Crippen molar-refractivity contribution in [1.29, 1.82) is 0 Å². The number of epoxide rings is 1. The predicted octanol–water partition coefficient (Wildman–Crippen LogP) is 6.43. The molecule has 0 saturated carbocycles. The number of amides is 8. The maximum Gasteiger partial charge on any atom is 0.412 e. The fourth-order valence-corrected chi connectivity index (χ4v) is 12.0. The van der Waals surface area contributed by atoms with Gasteiger partial charge in [-0.3, -0.25) is 35.1 Å². The van der Waals surface area contributed by atoms with Crippen LogP contribution in [-0.4, -0.2) is 152 Å². The third-order valence-electron chi connectivity index (χ3n) is 15.0. The van der Waals surface area contributed by atoms with Crippen LogP contribution in [0.3, 0.4) is 0 Å². The number of aldehydes is 1. The summed E-state index contributed by atoms with van der Waals surface area (Å²) in [4.78, 5) is 107. The highest BCUT2D eigenvalue weighted by atomic mass is 79.9. The number of alkyl carbamates (subject to hydrolysis) is 1. The molecule has 83 heavy (non-hydrogen) atoms. The number of benzene rings is 2. The number of nitrogens with one attached hydrogen (secondary N) is 7. The summed E-state index contributed by atoms with van der Waals surface area (Å²) in [6, 6.07) is 4.74. The number of fused-ring (bicyclic) bond motifs is 5. The van der Waals surface area contributed by atoms with Gasteiger partial charge in [-0.2, -0.15) is 0 Å². The third kappa shape index (κ3) is 18.8. The Balaban J connectivity index is 1.33. The molecule has 26 heteroatoms. The van der Waals surface area contributed by atoms with E-state index in [1.165, 1.54) is 31.3 Å². The molecule has 0 radical (unpaired) electrons. The summed E-state index contributed by atoms with van der Waals surface area (Å²) >= 11 is 13.5. The van der Waals surface area contributed by atoms with Gasteiger partial charge in [0.25, 0.3) is 0 Å². The summed E-state index contributed by atoms with van der Waals surface area (Å²) in [5, 5.41) is 32.5. The first-order valence-corrected chi connectivity index (χ1v) is 30.2. The molecular weight excluding hydrogens is 1230 g/mol. The second kappa shape index (κ2) is 31.4. The molecule has 3 heterocycles. The Hall–Kier alpha value is -5.83. The first-order valence-electron chi connectivity index (χ1n) is 27.5. The number of aryl methyl sites for hydroxylation is 1. The molecule has 8 amide bonds. The lowest BCUT2D eigenvalue weighted by molar-refractivity contribution is -0.142. The van der Waals surface area contributed by atoms with Crippen molar-refractivity contribution in [3.63, 3.8) is 0 Å². The van der Waals surface area contributed by atoms with Crippen LogP contribution in [0.2, 0.25) is 5.02 Å². The standard InChI is InChI=1S/C57H80Br2ClN9O14/c1-31(2)48(64-38(30-70)15-10-11-20-62-50(72)36(28-58)29-59)52(74)66-40(16-13-21-63-53(61)75)51(73)65-37-18-19-39(33(4)23-37)67-54(76)82-45-26-46(71)69(7)41-24-35(25-42(79-8)47(41)60)22-32(3)14-12-17-44(80-9)57(78)27-43(81-55(77)68-57)34(5)49-56(45,6)83-49/h12,14,17-19,23-25,30-31,34,36,38,40,43-45,48-49,64,78H,10-11,13,15-16,20-22,26-29H2,1-9H3,(H,62,72)(H,65,73)(H,66,74)(H,67,76)(H,68,77)(H3,61,63,75)/b17-12+,32-14+/t34-,38?,40+,43+,44-,45+,48+,49+,56+,57+/m1/s1. The van der Waals surface area contributed by atoms with Crippen LogP contribution in [-0.2, 0) is 49.3 Å². The average Bonchev–Trinajstić information content (AvgIpc) is 4.13. The maximum atomic E-state index is 14.4. The van der Waals surface area contributed by atoms with Gasteiger partial charge in [0, 0.05) is 61.6 Å². The number of carbonyl (C=O) groups is 8. The summed E-state index contributed by atoms with van der Waals surface area (Å²) in [6.07, 6.45) is 1.98. The molecule has 5 rings (SSSR count). The number of hydrogen-bond donors (Lipinski definition) is 9. The molecule has 3 aliphatic rings. The largest absolute Gasteiger partial charge is 0.495 e. The van der Waals surface area contributed by atoms with E-state index in [2.05, 4.69) is 69.1 Å². The monoisotopic (exact) mass is 1310 g/mol. The van der Waals surface area contributed by atoms with Crippen molar-refractivity contribution in [3.05, 3.63) is 70.3 Å². The number of nitrogens with zero attached hydrogens (tertiary/aromatic N) is 1. The Kier molecular flexibility index (Phi) is 25.7. The highest BCUT2D eigenvalue weighted by molar-refractivity contribution is 9.09. The number of carbonyl (C=O) groups excluding carboxylic acids is 8. The van der Waals surface area contributed by atoms with Crippen LogP contribution in [0.1, 0.15) is 90.7 Å². The zero-order valence-electron chi connectivity index (χ0n) is 48.4. The van der Waals surface area contributed by atoms with E-state index in [1.54, 1.807) is 72.0 Å². The third-order valence-corrected chi connectivity index (χ3v) is 17.0. The molecule has 2 aromatic carbocycles. The van der Waals surface area contributed by atoms with E-state index < -0.39 is 102 Å². The van der Waals surface area contributed by atoms with Crippen LogP contribution in [0.4, 0.5) is 31.4 Å². The number of primary amides is 1. The topological polar surface area (TPSA) is 320 Å². The van der Waals surface area contributed by atoms with Crippen molar-refractivity contribution in [2.24, 2.45) is 23.5 Å². The Morgan fingerprint density at radius 3 is 2.34 bits per heavy atom. The Labute approximate surface area is 506 Å². The van der Waals surface area contributed by atoms with Gasteiger partial charge in [-0.05, 0) is 107 Å². The zero-order chi connectivity index (χ0) is 61.3. The fraction of sp³-hybridized carbons (Fsp3) is 0.579. The van der Waals surface area contributed by atoms with Crippen LogP contribution in [0.25, 0.3) is 0 Å². The highest BCUT2D eigenvalue weighted by Gasteiger charge is 2.64. The van der Waals surface area contributed by atoms with Crippen molar-refractivity contribution in [1.82, 2.24) is 26.6 Å². The molecular formula is C57H80Br2ClN9O14. The van der Waals surface area contributed by atoms with Crippen LogP contribution in [0.15, 0.2) is 54.1 Å². The number of urea groups is 1.